The minimum absolute atomic E-state index is 0.168. The maximum Gasteiger partial charge on any atom is 0.166 e. The predicted molar refractivity (Wildman–Crippen MR) is 69.9 cm³/mol. The number of benzene rings is 1. The fraction of sp³-hybridized carbons (Fsp3) is 0.385. The van der Waals surface area contributed by atoms with E-state index in [4.69, 9.17) is 14.2 Å². The Bertz CT molecular complexity index is 554. The van der Waals surface area contributed by atoms with Crippen molar-refractivity contribution in [3.8, 4) is 17.2 Å². The molecule has 0 N–H and O–H groups in total. The molecule has 6 nitrogen and oxygen atoms in total. The van der Waals surface area contributed by atoms with Crippen molar-refractivity contribution in [3.05, 3.63) is 30.4 Å². The van der Waals surface area contributed by atoms with E-state index in [9.17, 15) is 0 Å². The lowest BCUT2D eigenvalue weighted by atomic mass is 10.2. The first-order chi connectivity index (χ1) is 9.21. The predicted octanol–water partition coefficient (Wildman–Crippen LogP) is 1.99. The van der Waals surface area contributed by atoms with Crippen molar-refractivity contribution in [1.29, 1.82) is 0 Å². The van der Waals surface area contributed by atoms with Crippen molar-refractivity contribution in [2.75, 3.05) is 21.3 Å². The van der Waals surface area contributed by atoms with E-state index in [2.05, 4.69) is 10.2 Å². The van der Waals surface area contributed by atoms with E-state index in [0.717, 1.165) is 11.4 Å². The van der Waals surface area contributed by atoms with Crippen molar-refractivity contribution in [2.45, 2.75) is 13.0 Å². The average Bonchev–Trinajstić information content (AvgIpc) is 2.94. The van der Waals surface area contributed by atoms with Gasteiger partial charge in [0.15, 0.2) is 5.82 Å². The molecule has 0 fully saturated rings. The Kier molecular flexibility index (Phi) is 4.01. The molecule has 0 aliphatic heterocycles. The molecule has 0 saturated heterocycles. The number of hydrogen-bond donors (Lipinski definition) is 0. The van der Waals surface area contributed by atoms with Crippen LogP contribution in [0.1, 0.15) is 18.9 Å². The van der Waals surface area contributed by atoms with Gasteiger partial charge in [-0.25, -0.2) is 0 Å². The van der Waals surface area contributed by atoms with Crippen LogP contribution in [-0.4, -0.2) is 36.1 Å². The number of nitrogens with zero attached hydrogens (tertiary/aromatic N) is 3. The quantitative estimate of drug-likeness (QED) is 0.825. The summed E-state index contributed by atoms with van der Waals surface area (Å²) in [6.45, 7) is 1.91. The Labute approximate surface area is 111 Å². The molecule has 19 heavy (non-hydrogen) atoms. The van der Waals surface area contributed by atoms with Gasteiger partial charge in [-0.05, 0) is 19.1 Å². The van der Waals surface area contributed by atoms with Crippen LogP contribution < -0.4 is 9.47 Å². The number of rotatable bonds is 5. The molecule has 1 aromatic heterocycles. The summed E-state index contributed by atoms with van der Waals surface area (Å²) in [5.74, 6) is 2.15. The summed E-state index contributed by atoms with van der Waals surface area (Å²) in [7, 11) is 4.87. The van der Waals surface area contributed by atoms with Gasteiger partial charge in [0.25, 0.3) is 0 Å². The van der Waals surface area contributed by atoms with Crippen molar-refractivity contribution in [2.24, 2.45) is 0 Å². The molecule has 1 aromatic carbocycles. The van der Waals surface area contributed by atoms with E-state index >= 15 is 0 Å². The van der Waals surface area contributed by atoms with Gasteiger partial charge >= 0.3 is 0 Å². The second-order valence-corrected chi connectivity index (χ2v) is 3.97. The molecule has 1 atom stereocenters. The lowest BCUT2D eigenvalue weighted by molar-refractivity contribution is 0.110. The number of methoxy groups -OCH3 is 3. The van der Waals surface area contributed by atoms with Crippen molar-refractivity contribution < 1.29 is 14.2 Å². The summed E-state index contributed by atoms with van der Waals surface area (Å²) < 4.78 is 17.7. The van der Waals surface area contributed by atoms with Gasteiger partial charge in [-0.1, -0.05) is 0 Å². The molecule has 0 spiro atoms. The summed E-state index contributed by atoms with van der Waals surface area (Å²) in [6, 6.07) is 5.55. The molecular weight excluding hydrogens is 246 g/mol. The molecule has 2 aromatic rings. The van der Waals surface area contributed by atoms with Gasteiger partial charge < -0.3 is 14.2 Å². The summed E-state index contributed by atoms with van der Waals surface area (Å²) >= 11 is 0. The molecule has 0 aliphatic rings. The second-order valence-electron chi connectivity index (χ2n) is 3.97. The third-order valence-electron chi connectivity index (χ3n) is 2.94. The maximum atomic E-state index is 5.36. The van der Waals surface area contributed by atoms with E-state index in [1.165, 1.54) is 0 Å². The highest BCUT2D eigenvalue weighted by Crippen LogP contribution is 2.29. The summed E-state index contributed by atoms with van der Waals surface area (Å²) in [5.41, 5.74) is 0.811. The summed E-state index contributed by atoms with van der Waals surface area (Å²) in [5, 5.41) is 8.02. The zero-order valence-corrected chi connectivity index (χ0v) is 11.5. The van der Waals surface area contributed by atoms with Crippen LogP contribution in [0.4, 0.5) is 0 Å². The molecule has 0 radical (unpaired) electrons. The van der Waals surface area contributed by atoms with Crippen LogP contribution in [-0.2, 0) is 4.74 Å². The lowest BCUT2D eigenvalue weighted by Gasteiger charge is -2.15. The van der Waals surface area contributed by atoms with Gasteiger partial charge in [0.05, 0.1) is 19.9 Å². The minimum atomic E-state index is -0.168. The second kappa shape index (κ2) is 5.71. The highest BCUT2D eigenvalue weighted by atomic mass is 16.5. The van der Waals surface area contributed by atoms with Crippen molar-refractivity contribution >= 4 is 0 Å². The Morgan fingerprint density at radius 2 is 1.95 bits per heavy atom. The molecule has 1 heterocycles. The van der Waals surface area contributed by atoms with Gasteiger partial charge in [-0.2, -0.15) is 0 Å². The Morgan fingerprint density at radius 1 is 1.16 bits per heavy atom. The van der Waals surface area contributed by atoms with Crippen LogP contribution in [0.15, 0.2) is 24.5 Å². The molecule has 2 rings (SSSR count). The SMILES string of the molecule is COc1ccc(OC)c(-n2cnnc2[C@H](C)OC)c1. The van der Waals surface area contributed by atoms with Crippen LogP contribution in [0.5, 0.6) is 11.5 Å². The van der Waals surface area contributed by atoms with Gasteiger partial charge in [-0.15, -0.1) is 10.2 Å². The van der Waals surface area contributed by atoms with Crippen LogP contribution in [0.25, 0.3) is 5.69 Å². The molecule has 0 aliphatic carbocycles. The fourth-order valence-electron chi connectivity index (χ4n) is 1.80. The third kappa shape index (κ3) is 2.53. The number of hydrogen-bond acceptors (Lipinski definition) is 5. The van der Waals surface area contributed by atoms with Crippen molar-refractivity contribution in [1.82, 2.24) is 14.8 Å². The van der Waals surface area contributed by atoms with E-state index in [1.807, 2.05) is 29.7 Å². The molecule has 0 saturated carbocycles. The molecule has 6 heteroatoms. The maximum absolute atomic E-state index is 5.36. The summed E-state index contributed by atoms with van der Waals surface area (Å²) in [6.07, 6.45) is 1.46. The standard InChI is InChI=1S/C13H17N3O3/c1-9(17-2)13-15-14-8-16(13)11-7-10(18-3)5-6-12(11)19-4/h5-9H,1-4H3/t9-/m0/s1. The summed E-state index contributed by atoms with van der Waals surface area (Å²) in [4.78, 5) is 0. The molecular formula is C13H17N3O3. The highest BCUT2D eigenvalue weighted by Gasteiger charge is 2.16. The first kappa shape index (κ1) is 13.4. The van der Waals surface area contributed by atoms with E-state index in [1.54, 1.807) is 27.7 Å². The topological polar surface area (TPSA) is 58.4 Å². The van der Waals surface area contributed by atoms with Crippen LogP contribution in [0.2, 0.25) is 0 Å². The van der Waals surface area contributed by atoms with E-state index in [-0.39, 0.29) is 6.10 Å². The van der Waals surface area contributed by atoms with Crippen LogP contribution in [0.3, 0.4) is 0 Å². The minimum Gasteiger partial charge on any atom is -0.497 e. The molecule has 0 unspecified atom stereocenters. The molecule has 0 amide bonds. The smallest absolute Gasteiger partial charge is 0.166 e. The Hall–Kier alpha value is -2.08. The van der Waals surface area contributed by atoms with Gasteiger partial charge in [-0.3, -0.25) is 4.57 Å². The molecule has 102 valence electrons. The lowest BCUT2D eigenvalue weighted by Crippen LogP contribution is -2.07. The molecule has 0 bridgehead atoms. The number of aromatic nitrogens is 3. The van der Waals surface area contributed by atoms with Crippen molar-refractivity contribution in [3.63, 3.8) is 0 Å². The highest BCUT2D eigenvalue weighted by molar-refractivity contribution is 5.51. The van der Waals surface area contributed by atoms with Gasteiger partial charge in [0.2, 0.25) is 0 Å². The van der Waals surface area contributed by atoms with E-state index < -0.39 is 0 Å². The van der Waals surface area contributed by atoms with E-state index in [0.29, 0.717) is 11.6 Å². The Balaban J connectivity index is 2.54. The monoisotopic (exact) mass is 263 g/mol. The van der Waals surface area contributed by atoms with Gasteiger partial charge in [0, 0.05) is 13.2 Å². The fourth-order valence-corrected chi connectivity index (χ4v) is 1.80. The zero-order valence-electron chi connectivity index (χ0n) is 11.5. The van der Waals surface area contributed by atoms with Gasteiger partial charge in [0.1, 0.15) is 23.9 Å². The normalized spacial score (nSPS) is 12.2. The largest absolute Gasteiger partial charge is 0.497 e. The first-order valence-electron chi connectivity index (χ1n) is 5.86. The zero-order chi connectivity index (χ0) is 13.8. The first-order valence-corrected chi connectivity index (χ1v) is 5.86. The average molecular weight is 263 g/mol. The van der Waals surface area contributed by atoms with Crippen LogP contribution >= 0.6 is 0 Å². The third-order valence-corrected chi connectivity index (χ3v) is 2.94. The Morgan fingerprint density at radius 3 is 2.58 bits per heavy atom. The number of ether oxygens (including phenoxy) is 3. The van der Waals surface area contributed by atoms with Crippen LogP contribution in [0, 0.1) is 0 Å².